The van der Waals surface area contributed by atoms with Crippen molar-refractivity contribution in [2.45, 2.75) is 39.9 Å². The van der Waals surface area contributed by atoms with Gasteiger partial charge in [0.25, 0.3) is 0 Å². The summed E-state index contributed by atoms with van der Waals surface area (Å²) in [5.41, 5.74) is 0.812. The van der Waals surface area contributed by atoms with Crippen LogP contribution in [0.1, 0.15) is 27.7 Å². The molecule has 0 bridgehead atoms. The highest BCUT2D eigenvalue weighted by atomic mass is 19.3. The molecule has 0 aromatic heterocycles. The zero-order chi connectivity index (χ0) is 9.52. The van der Waals surface area contributed by atoms with Crippen molar-refractivity contribution in [2.24, 2.45) is 5.92 Å². The average Bonchev–Trinajstić information content (AvgIpc) is 1.97. The van der Waals surface area contributed by atoms with Crippen LogP contribution in [0.2, 0.25) is 0 Å². The first-order chi connectivity index (χ1) is 5.36. The number of ether oxygens (including phenoxy) is 1. The third kappa shape index (κ3) is 1.38. The first-order valence-electron chi connectivity index (χ1n) is 4.09. The van der Waals surface area contributed by atoms with E-state index in [1.165, 1.54) is 6.92 Å². The van der Waals surface area contributed by atoms with Gasteiger partial charge in [0.2, 0.25) is 0 Å². The van der Waals surface area contributed by atoms with Gasteiger partial charge in [-0.3, -0.25) is 0 Å². The van der Waals surface area contributed by atoms with Gasteiger partial charge in [0, 0.05) is 11.5 Å². The lowest BCUT2D eigenvalue weighted by atomic mass is 9.90. The van der Waals surface area contributed by atoms with Gasteiger partial charge >= 0.3 is 6.11 Å². The van der Waals surface area contributed by atoms with Crippen molar-refractivity contribution >= 4 is 0 Å². The highest BCUT2D eigenvalue weighted by molar-refractivity contribution is 5.20. The molecule has 0 saturated carbocycles. The van der Waals surface area contributed by atoms with E-state index in [0.717, 1.165) is 5.57 Å². The second-order valence-electron chi connectivity index (χ2n) is 3.44. The summed E-state index contributed by atoms with van der Waals surface area (Å²) in [6.07, 6.45) is -3.46. The molecule has 0 radical (unpaired) electrons. The third-order valence-corrected chi connectivity index (χ3v) is 2.75. The SMILES string of the molecule is CC1=C(C)C(F)(F)OC(C)C1C. The molecule has 0 N–H and O–H groups in total. The Bertz CT molecular complexity index is 221. The second-order valence-corrected chi connectivity index (χ2v) is 3.44. The van der Waals surface area contributed by atoms with Crippen LogP contribution in [0.3, 0.4) is 0 Å². The Hall–Kier alpha value is -0.440. The van der Waals surface area contributed by atoms with Crippen LogP contribution in [-0.4, -0.2) is 12.2 Å². The van der Waals surface area contributed by atoms with Gasteiger partial charge < -0.3 is 4.74 Å². The molecule has 2 atom stereocenters. The maximum absolute atomic E-state index is 13.0. The van der Waals surface area contributed by atoms with E-state index in [0.29, 0.717) is 0 Å². The lowest BCUT2D eigenvalue weighted by Crippen LogP contribution is -2.37. The molecule has 1 aliphatic rings. The summed E-state index contributed by atoms with van der Waals surface area (Å²) >= 11 is 0. The highest BCUT2D eigenvalue weighted by Crippen LogP contribution is 2.38. The van der Waals surface area contributed by atoms with Crippen LogP contribution in [-0.2, 0) is 4.74 Å². The Labute approximate surface area is 71.4 Å². The summed E-state index contributed by atoms with van der Waals surface area (Å²) in [5, 5.41) is 0. The Morgan fingerprint density at radius 2 is 1.75 bits per heavy atom. The van der Waals surface area contributed by atoms with Gasteiger partial charge in [-0.25, -0.2) is 0 Å². The molecule has 1 rings (SSSR count). The molecule has 0 aromatic carbocycles. The minimum Gasteiger partial charge on any atom is -0.313 e. The molecule has 2 unspecified atom stereocenters. The molecule has 0 saturated heterocycles. The zero-order valence-corrected chi connectivity index (χ0v) is 7.82. The molecule has 0 aromatic rings. The van der Waals surface area contributed by atoms with Gasteiger partial charge in [0.05, 0.1) is 6.10 Å². The van der Waals surface area contributed by atoms with E-state index in [4.69, 9.17) is 0 Å². The van der Waals surface area contributed by atoms with E-state index in [1.54, 1.807) is 13.8 Å². The van der Waals surface area contributed by atoms with E-state index in [2.05, 4.69) is 4.74 Å². The number of halogens is 2. The van der Waals surface area contributed by atoms with E-state index < -0.39 is 12.2 Å². The fourth-order valence-electron chi connectivity index (χ4n) is 1.35. The van der Waals surface area contributed by atoms with Crippen molar-refractivity contribution in [3.05, 3.63) is 11.1 Å². The standard InChI is InChI=1S/C9H14F2O/c1-5-6(2)8(4)12-9(10,11)7(5)3/h6,8H,1-4H3. The fourth-order valence-corrected chi connectivity index (χ4v) is 1.35. The van der Waals surface area contributed by atoms with E-state index in [1.807, 2.05) is 6.92 Å². The van der Waals surface area contributed by atoms with Crippen molar-refractivity contribution in [1.82, 2.24) is 0 Å². The molecular weight excluding hydrogens is 162 g/mol. The van der Waals surface area contributed by atoms with E-state index >= 15 is 0 Å². The van der Waals surface area contributed by atoms with Crippen LogP contribution >= 0.6 is 0 Å². The van der Waals surface area contributed by atoms with Crippen LogP contribution in [0.25, 0.3) is 0 Å². The molecule has 1 nitrogen and oxygen atoms in total. The minimum absolute atomic E-state index is 0.0631. The van der Waals surface area contributed by atoms with Crippen LogP contribution in [0.4, 0.5) is 8.78 Å². The molecule has 0 amide bonds. The minimum atomic E-state index is -3.06. The van der Waals surface area contributed by atoms with Crippen LogP contribution in [0.15, 0.2) is 11.1 Å². The predicted molar refractivity (Wildman–Crippen MR) is 43.0 cm³/mol. The summed E-state index contributed by atoms with van der Waals surface area (Å²) in [7, 11) is 0. The summed E-state index contributed by atoms with van der Waals surface area (Å²) in [4.78, 5) is 0. The highest BCUT2D eigenvalue weighted by Gasteiger charge is 2.42. The van der Waals surface area contributed by atoms with Crippen LogP contribution in [0, 0.1) is 5.92 Å². The molecule has 1 heterocycles. The van der Waals surface area contributed by atoms with Crippen molar-refractivity contribution in [1.29, 1.82) is 0 Å². The Morgan fingerprint density at radius 1 is 1.25 bits per heavy atom. The van der Waals surface area contributed by atoms with Crippen LogP contribution < -0.4 is 0 Å². The lowest BCUT2D eigenvalue weighted by molar-refractivity contribution is -0.247. The first kappa shape index (κ1) is 9.65. The third-order valence-electron chi connectivity index (χ3n) is 2.75. The number of hydrogen-bond acceptors (Lipinski definition) is 1. The van der Waals surface area contributed by atoms with Gasteiger partial charge in [-0.15, -0.1) is 0 Å². The zero-order valence-electron chi connectivity index (χ0n) is 7.82. The molecule has 0 spiro atoms. The summed E-state index contributed by atoms with van der Waals surface area (Å²) < 4.78 is 30.6. The van der Waals surface area contributed by atoms with Crippen molar-refractivity contribution in [2.75, 3.05) is 0 Å². The molecule has 0 aliphatic carbocycles. The van der Waals surface area contributed by atoms with Gasteiger partial charge in [0.15, 0.2) is 0 Å². The van der Waals surface area contributed by atoms with Gasteiger partial charge in [-0.1, -0.05) is 12.5 Å². The second kappa shape index (κ2) is 2.80. The molecule has 3 heteroatoms. The number of hydrogen-bond donors (Lipinski definition) is 0. The van der Waals surface area contributed by atoms with Crippen molar-refractivity contribution < 1.29 is 13.5 Å². The Balaban J connectivity index is 3.04. The summed E-state index contributed by atoms with van der Waals surface area (Å²) in [5.74, 6) is 0.0876. The van der Waals surface area contributed by atoms with Gasteiger partial charge in [-0.05, 0) is 20.8 Å². The summed E-state index contributed by atoms with van der Waals surface area (Å²) in [6.45, 7) is 6.75. The van der Waals surface area contributed by atoms with Gasteiger partial charge in [0.1, 0.15) is 0 Å². The Morgan fingerprint density at radius 3 is 2.25 bits per heavy atom. The molecule has 1 aliphatic heterocycles. The van der Waals surface area contributed by atoms with Crippen molar-refractivity contribution in [3.8, 4) is 0 Å². The quantitative estimate of drug-likeness (QED) is 0.515. The topological polar surface area (TPSA) is 9.23 Å². The van der Waals surface area contributed by atoms with E-state index in [9.17, 15) is 8.78 Å². The van der Waals surface area contributed by atoms with E-state index in [-0.39, 0.29) is 11.5 Å². The molecule has 0 fully saturated rings. The molecule has 12 heavy (non-hydrogen) atoms. The number of rotatable bonds is 0. The lowest BCUT2D eigenvalue weighted by Gasteiger charge is -2.34. The normalized spacial score (nSPS) is 35.5. The average molecular weight is 176 g/mol. The first-order valence-corrected chi connectivity index (χ1v) is 4.09. The molecule has 70 valence electrons. The van der Waals surface area contributed by atoms with Crippen molar-refractivity contribution in [3.63, 3.8) is 0 Å². The molecular formula is C9H14F2O. The fraction of sp³-hybridized carbons (Fsp3) is 0.778. The predicted octanol–water partition coefficient (Wildman–Crippen LogP) is 2.97. The maximum atomic E-state index is 13.0. The monoisotopic (exact) mass is 176 g/mol. The Kier molecular flexibility index (Phi) is 2.25. The van der Waals surface area contributed by atoms with Gasteiger partial charge in [-0.2, -0.15) is 8.78 Å². The summed E-state index contributed by atoms with van der Waals surface area (Å²) in [6, 6.07) is 0. The van der Waals surface area contributed by atoms with Crippen LogP contribution in [0.5, 0.6) is 0 Å². The maximum Gasteiger partial charge on any atom is 0.379 e. The number of alkyl halides is 2. The largest absolute Gasteiger partial charge is 0.379 e. The smallest absolute Gasteiger partial charge is 0.313 e.